The second-order valence-corrected chi connectivity index (χ2v) is 5.78. The molecule has 0 saturated carbocycles. The molecule has 0 aromatic heterocycles. The first-order valence-electron chi connectivity index (χ1n) is 7.12. The van der Waals surface area contributed by atoms with E-state index in [0.29, 0.717) is 45.6 Å². The van der Waals surface area contributed by atoms with Crippen molar-refractivity contribution in [1.82, 2.24) is 14.7 Å². The monoisotopic (exact) mass is 281 g/mol. The van der Waals surface area contributed by atoms with Crippen molar-refractivity contribution in [3.8, 4) is 0 Å². The van der Waals surface area contributed by atoms with E-state index in [4.69, 9.17) is 5.11 Å². The minimum Gasteiger partial charge on any atom is -0.481 e. The smallest absolute Gasteiger partial charge is 0.320 e. The third-order valence-electron chi connectivity index (χ3n) is 4.57. The summed E-state index contributed by atoms with van der Waals surface area (Å²) < 4.78 is 0. The summed E-state index contributed by atoms with van der Waals surface area (Å²) in [4.78, 5) is 40.2. The van der Waals surface area contributed by atoms with Crippen LogP contribution in [0.2, 0.25) is 0 Å². The standard InChI is InChI=1S/C13H19N3O4/c17-11-2-1-10-8-15(5-6-16(10)11)13(20)14-4-3-9(7-14)12(18)19/h9-10H,1-8H2,(H,18,19). The van der Waals surface area contributed by atoms with Crippen molar-refractivity contribution in [3.63, 3.8) is 0 Å². The molecule has 3 rings (SSSR count). The number of nitrogens with zero attached hydrogens (tertiary/aromatic N) is 3. The minimum absolute atomic E-state index is 0.0762. The van der Waals surface area contributed by atoms with Crippen LogP contribution in [0.25, 0.3) is 0 Å². The van der Waals surface area contributed by atoms with E-state index in [1.54, 1.807) is 9.80 Å². The van der Waals surface area contributed by atoms with Crippen molar-refractivity contribution in [3.05, 3.63) is 0 Å². The van der Waals surface area contributed by atoms with Crippen molar-refractivity contribution in [2.24, 2.45) is 5.92 Å². The molecule has 3 amide bonds. The fraction of sp³-hybridized carbons (Fsp3) is 0.769. The van der Waals surface area contributed by atoms with Gasteiger partial charge in [0.2, 0.25) is 5.91 Å². The van der Waals surface area contributed by atoms with Gasteiger partial charge in [-0.15, -0.1) is 0 Å². The van der Waals surface area contributed by atoms with E-state index in [1.807, 2.05) is 4.90 Å². The number of likely N-dealkylation sites (tertiary alicyclic amines) is 1. The zero-order valence-electron chi connectivity index (χ0n) is 11.3. The third kappa shape index (κ3) is 2.21. The lowest BCUT2D eigenvalue weighted by Gasteiger charge is -2.39. The number of amides is 3. The molecule has 3 fully saturated rings. The van der Waals surface area contributed by atoms with Gasteiger partial charge < -0.3 is 19.8 Å². The summed E-state index contributed by atoms with van der Waals surface area (Å²) in [7, 11) is 0. The highest BCUT2D eigenvalue weighted by atomic mass is 16.4. The highest BCUT2D eigenvalue weighted by molar-refractivity contribution is 5.80. The SMILES string of the molecule is O=C(O)C1CCN(C(=O)N2CCN3C(=O)CCC3C2)C1. The Bertz CT molecular complexity index is 453. The average molecular weight is 281 g/mol. The minimum atomic E-state index is -0.827. The fourth-order valence-electron chi connectivity index (χ4n) is 3.37. The molecule has 3 heterocycles. The van der Waals surface area contributed by atoms with E-state index < -0.39 is 11.9 Å². The number of carboxylic acid groups (broad SMARTS) is 1. The van der Waals surface area contributed by atoms with Gasteiger partial charge in [-0.1, -0.05) is 0 Å². The molecule has 20 heavy (non-hydrogen) atoms. The molecule has 7 heteroatoms. The van der Waals surface area contributed by atoms with Gasteiger partial charge in [0.05, 0.1) is 5.92 Å². The molecule has 2 unspecified atom stereocenters. The van der Waals surface area contributed by atoms with Crippen LogP contribution < -0.4 is 0 Å². The molecule has 1 N–H and O–H groups in total. The summed E-state index contributed by atoms with van der Waals surface area (Å²) in [5.74, 6) is -1.07. The van der Waals surface area contributed by atoms with Crippen LogP contribution in [0, 0.1) is 5.92 Å². The van der Waals surface area contributed by atoms with E-state index in [2.05, 4.69) is 0 Å². The van der Waals surface area contributed by atoms with E-state index in [9.17, 15) is 14.4 Å². The summed E-state index contributed by atoms with van der Waals surface area (Å²) in [6.07, 6.45) is 1.93. The Morgan fingerprint density at radius 1 is 1.05 bits per heavy atom. The van der Waals surface area contributed by atoms with Gasteiger partial charge in [-0.05, 0) is 12.8 Å². The molecule has 3 saturated heterocycles. The van der Waals surface area contributed by atoms with Gasteiger partial charge in [-0.2, -0.15) is 0 Å². The Morgan fingerprint density at radius 3 is 2.50 bits per heavy atom. The van der Waals surface area contributed by atoms with Gasteiger partial charge in [0.1, 0.15) is 0 Å². The zero-order valence-corrected chi connectivity index (χ0v) is 11.3. The van der Waals surface area contributed by atoms with Crippen LogP contribution in [0.5, 0.6) is 0 Å². The molecular formula is C13H19N3O4. The number of hydrogen-bond acceptors (Lipinski definition) is 3. The zero-order chi connectivity index (χ0) is 14.3. The van der Waals surface area contributed by atoms with Crippen LogP contribution >= 0.6 is 0 Å². The maximum absolute atomic E-state index is 12.4. The number of carboxylic acids is 1. The van der Waals surface area contributed by atoms with Gasteiger partial charge in [-0.25, -0.2) is 4.79 Å². The summed E-state index contributed by atoms with van der Waals surface area (Å²) >= 11 is 0. The number of piperazine rings is 1. The number of rotatable bonds is 1. The van der Waals surface area contributed by atoms with Crippen LogP contribution in [0.15, 0.2) is 0 Å². The maximum Gasteiger partial charge on any atom is 0.320 e. The number of carbonyl (C=O) groups excluding carboxylic acids is 2. The van der Waals surface area contributed by atoms with Gasteiger partial charge in [-0.3, -0.25) is 9.59 Å². The number of carbonyl (C=O) groups is 3. The summed E-state index contributed by atoms with van der Waals surface area (Å²) in [6, 6.07) is 0.0748. The number of fused-ring (bicyclic) bond motifs is 1. The van der Waals surface area contributed by atoms with Crippen molar-refractivity contribution in [2.75, 3.05) is 32.7 Å². The van der Waals surface area contributed by atoms with Crippen molar-refractivity contribution >= 4 is 17.9 Å². The van der Waals surface area contributed by atoms with Crippen LogP contribution in [-0.4, -0.2) is 76.5 Å². The van der Waals surface area contributed by atoms with Gasteiger partial charge in [0.25, 0.3) is 0 Å². The first-order chi connectivity index (χ1) is 9.56. The van der Waals surface area contributed by atoms with Gasteiger partial charge >= 0.3 is 12.0 Å². The Balaban J connectivity index is 1.59. The van der Waals surface area contributed by atoms with Crippen molar-refractivity contribution in [1.29, 1.82) is 0 Å². The average Bonchev–Trinajstić information content (AvgIpc) is 3.05. The Hall–Kier alpha value is -1.79. The molecule has 110 valence electrons. The Labute approximate surface area is 117 Å². The molecule has 0 bridgehead atoms. The summed E-state index contributed by atoms with van der Waals surface area (Å²) in [6.45, 7) is 2.55. The molecule has 0 radical (unpaired) electrons. The van der Waals surface area contributed by atoms with Crippen molar-refractivity contribution in [2.45, 2.75) is 25.3 Å². The van der Waals surface area contributed by atoms with Crippen LogP contribution in [-0.2, 0) is 9.59 Å². The largest absolute Gasteiger partial charge is 0.481 e. The second kappa shape index (κ2) is 4.96. The molecule has 7 nitrogen and oxygen atoms in total. The van der Waals surface area contributed by atoms with E-state index in [-0.39, 0.29) is 18.0 Å². The van der Waals surface area contributed by atoms with Gasteiger partial charge in [0, 0.05) is 45.2 Å². The van der Waals surface area contributed by atoms with E-state index in [1.165, 1.54) is 0 Å². The van der Waals surface area contributed by atoms with Crippen LogP contribution in [0.4, 0.5) is 4.79 Å². The molecule has 2 atom stereocenters. The predicted molar refractivity (Wildman–Crippen MR) is 69.0 cm³/mol. The lowest BCUT2D eigenvalue weighted by atomic mass is 10.1. The molecule has 0 aliphatic carbocycles. The Morgan fingerprint density at radius 2 is 1.80 bits per heavy atom. The molecular weight excluding hydrogens is 262 g/mol. The summed E-state index contributed by atoms with van der Waals surface area (Å²) in [5, 5.41) is 8.98. The van der Waals surface area contributed by atoms with E-state index >= 15 is 0 Å². The summed E-state index contributed by atoms with van der Waals surface area (Å²) in [5.41, 5.74) is 0. The molecule has 3 aliphatic rings. The predicted octanol–water partition coefficient (Wildman–Crippen LogP) is -0.181. The molecule has 0 spiro atoms. The quantitative estimate of drug-likeness (QED) is 0.723. The van der Waals surface area contributed by atoms with Gasteiger partial charge in [0.15, 0.2) is 0 Å². The molecule has 0 aromatic carbocycles. The van der Waals surface area contributed by atoms with Crippen LogP contribution in [0.1, 0.15) is 19.3 Å². The fourth-order valence-corrected chi connectivity index (χ4v) is 3.37. The van der Waals surface area contributed by atoms with Crippen molar-refractivity contribution < 1.29 is 19.5 Å². The first kappa shape index (κ1) is 13.2. The number of urea groups is 1. The molecule has 3 aliphatic heterocycles. The normalized spacial score (nSPS) is 29.8. The van der Waals surface area contributed by atoms with Crippen LogP contribution in [0.3, 0.4) is 0 Å². The Kier molecular flexibility index (Phi) is 3.27. The lowest BCUT2D eigenvalue weighted by Crippen LogP contribution is -2.55. The van der Waals surface area contributed by atoms with E-state index in [0.717, 1.165) is 6.42 Å². The first-order valence-corrected chi connectivity index (χ1v) is 7.12. The maximum atomic E-state index is 12.4. The third-order valence-corrected chi connectivity index (χ3v) is 4.57. The highest BCUT2D eigenvalue weighted by Gasteiger charge is 2.39. The number of hydrogen-bond donors (Lipinski definition) is 1. The second-order valence-electron chi connectivity index (χ2n) is 5.78. The topological polar surface area (TPSA) is 81.2 Å². The highest BCUT2D eigenvalue weighted by Crippen LogP contribution is 2.25. The lowest BCUT2D eigenvalue weighted by molar-refractivity contribution is -0.141. The molecule has 0 aromatic rings. The number of aliphatic carboxylic acids is 1.